The van der Waals surface area contributed by atoms with Crippen LogP contribution in [0.1, 0.15) is 36.8 Å². The molecular formula is C21H23NO7. The zero-order chi connectivity index (χ0) is 20.6. The first-order chi connectivity index (χ1) is 13.8. The molecule has 1 aromatic rings. The standard InChI is InChI=1S/C21H23NO7/c1-22-9-8-20-17-11-2-3-12(23)18(17)29-19(20)13(28-16(26)5-4-15(24)25)6-7-21(20,27)14(22)10-11/h2-3,6,14,19,23,27H,4-5,7-10H2,1H3,(H,24,25)/t14-,19?,20?,21-/m1/s1. The molecule has 2 heterocycles. The summed E-state index contributed by atoms with van der Waals surface area (Å²) in [7, 11) is 2.00. The Hall–Kier alpha value is -2.58. The predicted molar refractivity (Wildman–Crippen MR) is 99.6 cm³/mol. The Morgan fingerprint density at radius 3 is 2.90 bits per heavy atom. The number of hydrogen-bond acceptors (Lipinski definition) is 7. The third-order valence-electron chi connectivity index (χ3n) is 7.13. The van der Waals surface area contributed by atoms with Gasteiger partial charge in [0.15, 0.2) is 17.6 Å². The highest BCUT2D eigenvalue weighted by atomic mass is 16.6. The number of nitrogens with zero attached hydrogens (tertiary/aromatic N) is 1. The predicted octanol–water partition coefficient (Wildman–Crippen LogP) is 1.08. The summed E-state index contributed by atoms with van der Waals surface area (Å²) < 4.78 is 11.7. The number of rotatable bonds is 4. The van der Waals surface area contributed by atoms with Gasteiger partial charge in [-0.1, -0.05) is 6.07 Å². The Labute approximate surface area is 167 Å². The van der Waals surface area contributed by atoms with E-state index in [4.69, 9.17) is 14.6 Å². The van der Waals surface area contributed by atoms with Gasteiger partial charge in [0.2, 0.25) is 0 Å². The fourth-order valence-corrected chi connectivity index (χ4v) is 5.83. The van der Waals surface area contributed by atoms with Gasteiger partial charge in [0, 0.05) is 18.0 Å². The van der Waals surface area contributed by atoms with Crippen LogP contribution in [0.3, 0.4) is 0 Å². The number of carbonyl (C=O) groups excluding carboxylic acids is 1. The second-order valence-corrected chi connectivity index (χ2v) is 8.47. The summed E-state index contributed by atoms with van der Waals surface area (Å²) in [6.45, 7) is 0.738. The third-order valence-corrected chi connectivity index (χ3v) is 7.13. The number of phenolic OH excluding ortho intramolecular Hbond substituents is 1. The molecule has 4 aliphatic rings. The van der Waals surface area contributed by atoms with E-state index in [0.29, 0.717) is 18.6 Å². The highest BCUT2D eigenvalue weighted by molar-refractivity contribution is 5.77. The number of carboxylic acid groups (broad SMARTS) is 1. The van der Waals surface area contributed by atoms with Gasteiger partial charge in [-0.2, -0.15) is 0 Å². The molecule has 29 heavy (non-hydrogen) atoms. The lowest BCUT2D eigenvalue weighted by Crippen LogP contribution is -2.74. The summed E-state index contributed by atoms with van der Waals surface area (Å²) >= 11 is 0. The Balaban J connectivity index is 1.60. The summed E-state index contributed by atoms with van der Waals surface area (Å²) in [5.74, 6) is -1.08. The van der Waals surface area contributed by atoms with Crippen LogP contribution in [0.25, 0.3) is 0 Å². The van der Waals surface area contributed by atoms with Gasteiger partial charge in [-0.05, 0) is 44.1 Å². The van der Waals surface area contributed by atoms with Crippen molar-refractivity contribution in [2.24, 2.45) is 0 Å². The average molecular weight is 401 g/mol. The molecule has 0 aromatic heterocycles. The first-order valence-corrected chi connectivity index (χ1v) is 9.85. The van der Waals surface area contributed by atoms with E-state index < -0.39 is 29.1 Å². The first kappa shape index (κ1) is 18.4. The minimum atomic E-state index is -1.12. The van der Waals surface area contributed by atoms with E-state index in [9.17, 15) is 19.8 Å². The number of ether oxygens (including phenoxy) is 2. The molecule has 2 aliphatic carbocycles. The SMILES string of the molecule is CN1CCC23c4c5ccc(O)c4OC2C(OC(=O)CCC(=O)O)=CC[C@@]3(O)[C@H]1C5. The molecule has 2 unspecified atom stereocenters. The van der Waals surface area contributed by atoms with Crippen LogP contribution in [-0.2, 0) is 26.2 Å². The molecule has 8 heteroatoms. The fraction of sp³-hybridized carbons (Fsp3) is 0.524. The second-order valence-electron chi connectivity index (χ2n) is 8.47. The molecule has 1 aromatic carbocycles. The number of carbonyl (C=O) groups is 2. The average Bonchev–Trinajstić information content (AvgIpc) is 3.03. The van der Waals surface area contributed by atoms with Gasteiger partial charge in [-0.3, -0.25) is 9.59 Å². The van der Waals surface area contributed by atoms with Gasteiger partial charge >= 0.3 is 11.9 Å². The van der Waals surface area contributed by atoms with Crippen LogP contribution in [0.5, 0.6) is 11.5 Å². The van der Waals surface area contributed by atoms with E-state index in [0.717, 1.165) is 17.7 Å². The third kappa shape index (κ3) is 2.27. The molecule has 5 rings (SSSR count). The zero-order valence-corrected chi connectivity index (χ0v) is 16.1. The van der Waals surface area contributed by atoms with Crippen molar-refractivity contribution >= 4 is 11.9 Å². The lowest BCUT2D eigenvalue weighted by Gasteiger charge is -2.61. The molecule has 3 N–H and O–H groups in total. The van der Waals surface area contributed by atoms with E-state index in [1.165, 1.54) is 0 Å². The lowest BCUT2D eigenvalue weighted by molar-refractivity contribution is -0.169. The van der Waals surface area contributed by atoms with Crippen molar-refractivity contribution in [1.29, 1.82) is 0 Å². The molecule has 4 atom stereocenters. The van der Waals surface area contributed by atoms with Gasteiger partial charge in [0.25, 0.3) is 0 Å². The van der Waals surface area contributed by atoms with E-state index in [-0.39, 0.29) is 36.8 Å². The number of esters is 1. The molecule has 1 saturated heterocycles. The number of carboxylic acids is 1. The Morgan fingerprint density at radius 2 is 2.14 bits per heavy atom. The van der Waals surface area contributed by atoms with Crippen molar-refractivity contribution in [3.05, 3.63) is 35.1 Å². The van der Waals surface area contributed by atoms with Crippen LogP contribution in [0.15, 0.2) is 24.0 Å². The van der Waals surface area contributed by atoms with Crippen LogP contribution in [0, 0.1) is 0 Å². The van der Waals surface area contributed by atoms with Gasteiger partial charge in [0.1, 0.15) is 5.76 Å². The summed E-state index contributed by atoms with van der Waals surface area (Å²) in [6.07, 6.45) is 1.91. The van der Waals surface area contributed by atoms with Gasteiger partial charge in [-0.25, -0.2) is 0 Å². The number of hydrogen-bond donors (Lipinski definition) is 3. The van der Waals surface area contributed by atoms with Crippen LogP contribution in [0.2, 0.25) is 0 Å². The number of likely N-dealkylation sites (N-methyl/N-ethyl adjacent to an activating group) is 1. The molecule has 1 fully saturated rings. The number of aromatic hydroxyl groups is 1. The Kier molecular flexibility index (Phi) is 3.79. The van der Waals surface area contributed by atoms with Gasteiger partial charge in [-0.15, -0.1) is 0 Å². The van der Waals surface area contributed by atoms with Crippen molar-refractivity contribution in [3.63, 3.8) is 0 Å². The van der Waals surface area contributed by atoms with Crippen LogP contribution >= 0.6 is 0 Å². The Morgan fingerprint density at radius 1 is 1.34 bits per heavy atom. The largest absolute Gasteiger partial charge is 0.504 e. The maximum absolute atomic E-state index is 12.2. The highest BCUT2D eigenvalue weighted by Crippen LogP contribution is 2.65. The number of likely N-dealkylation sites (tertiary alicyclic amines) is 1. The molecule has 0 radical (unpaired) electrons. The van der Waals surface area contributed by atoms with Crippen molar-refractivity contribution in [1.82, 2.24) is 4.90 Å². The lowest BCUT2D eigenvalue weighted by atomic mass is 9.50. The van der Waals surface area contributed by atoms with Crippen molar-refractivity contribution in [3.8, 4) is 11.5 Å². The highest BCUT2D eigenvalue weighted by Gasteiger charge is 2.72. The normalized spacial score (nSPS) is 34.1. The van der Waals surface area contributed by atoms with E-state index >= 15 is 0 Å². The topological polar surface area (TPSA) is 117 Å². The number of phenols is 1. The smallest absolute Gasteiger partial charge is 0.311 e. The second kappa shape index (κ2) is 5.96. The molecule has 1 spiro atoms. The van der Waals surface area contributed by atoms with Crippen molar-refractivity contribution < 1.29 is 34.4 Å². The van der Waals surface area contributed by atoms with Gasteiger partial charge in [0.05, 0.1) is 23.9 Å². The first-order valence-electron chi connectivity index (χ1n) is 9.85. The fourth-order valence-electron chi connectivity index (χ4n) is 5.83. The molecule has 2 bridgehead atoms. The summed E-state index contributed by atoms with van der Waals surface area (Å²) in [6, 6.07) is 3.36. The molecule has 154 valence electrons. The van der Waals surface area contributed by atoms with Crippen molar-refractivity contribution in [2.45, 2.75) is 55.3 Å². The van der Waals surface area contributed by atoms with Crippen LogP contribution in [-0.4, -0.2) is 63.5 Å². The minimum Gasteiger partial charge on any atom is -0.504 e. The zero-order valence-electron chi connectivity index (χ0n) is 16.1. The summed E-state index contributed by atoms with van der Waals surface area (Å²) in [4.78, 5) is 25.1. The molecular weight excluding hydrogens is 378 g/mol. The van der Waals surface area contributed by atoms with E-state index in [1.54, 1.807) is 12.1 Å². The van der Waals surface area contributed by atoms with Crippen LogP contribution < -0.4 is 4.74 Å². The summed E-state index contributed by atoms with van der Waals surface area (Å²) in [5, 5.41) is 31.2. The van der Waals surface area contributed by atoms with E-state index in [1.807, 2.05) is 13.1 Å². The summed E-state index contributed by atoms with van der Waals surface area (Å²) in [5.41, 5.74) is -0.0852. The minimum absolute atomic E-state index is 0.00352. The maximum atomic E-state index is 12.2. The molecule has 8 nitrogen and oxygen atoms in total. The number of benzene rings is 1. The van der Waals surface area contributed by atoms with Crippen molar-refractivity contribution in [2.75, 3.05) is 13.6 Å². The van der Waals surface area contributed by atoms with E-state index in [2.05, 4.69) is 4.90 Å². The molecule has 0 amide bonds. The molecule has 0 saturated carbocycles. The van der Waals surface area contributed by atoms with Crippen LogP contribution in [0.4, 0.5) is 0 Å². The molecule has 2 aliphatic heterocycles. The quantitative estimate of drug-likeness (QED) is 0.642. The van der Waals surface area contributed by atoms with Gasteiger partial charge < -0.3 is 29.7 Å². The maximum Gasteiger partial charge on any atom is 0.311 e. The number of aliphatic hydroxyl groups is 1. The number of piperidine rings is 1. The Bertz CT molecular complexity index is 957. The monoisotopic (exact) mass is 401 g/mol. The number of aliphatic carboxylic acids is 1.